The molecule has 2 aliphatic heterocycles. The Bertz CT molecular complexity index is 4250. The quantitative estimate of drug-likeness (QED) is 0.0210. The van der Waals surface area contributed by atoms with Crippen molar-refractivity contribution in [2.45, 2.75) is 122 Å². The van der Waals surface area contributed by atoms with Gasteiger partial charge >= 0.3 is 72.7 Å². The molecular formula is C97H122O36. The molecule has 0 saturated carbocycles. The van der Waals surface area contributed by atoms with E-state index in [2.05, 4.69) is 108 Å². The lowest BCUT2D eigenvalue weighted by Gasteiger charge is -2.25. The number of methoxy groups -OCH3 is 3. The first-order chi connectivity index (χ1) is 63.8. The Morgan fingerprint density at radius 1 is 0.361 bits per heavy atom. The molecule has 0 aromatic heterocycles. The summed E-state index contributed by atoms with van der Waals surface area (Å²) < 4.78 is 106. The van der Waals surface area contributed by atoms with E-state index in [1.165, 1.54) is 84.6 Å². The van der Waals surface area contributed by atoms with Gasteiger partial charge in [0.2, 0.25) is 0 Å². The van der Waals surface area contributed by atoms with Gasteiger partial charge in [0.25, 0.3) is 0 Å². The first-order valence-electron chi connectivity index (χ1n) is 40.4. The van der Waals surface area contributed by atoms with Gasteiger partial charge in [-0.1, -0.05) is 198 Å². The van der Waals surface area contributed by atoms with E-state index in [-0.39, 0.29) is 90.4 Å². The molecule has 36 heteroatoms. The number of rotatable bonds is 38. The average Bonchev–Trinajstić information content (AvgIpc) is 0.887. The number of ether oxygens (including phenoxy) is 22. The number of aliphatic hydroxyl groups excluding tert-OH is 2. The highest BCUT2D eigenvalue weighted by Crippen LogP contribution is 2.14. The highest BCUT2D eigenvalue weighted by molar-refractivity contribution is 5.90. The van der Waals surface area contributed by atoms with Crippen molar-refractivity contribution >= 4 is 72.7 Å². The SMILES string of the molecule is C=CC(COC(=O)OC)OC(=O)OC.C=CC(COC(=O)OCc1ccccc1)OC(=O)OCc1ccccc1.C=CC(COC(=O)c1ccccc1)OC(=O)c1ccccc1.C=CC(COC(C)=O)OC(=O)CC.C=CC(COC(C)=O)OC(C)=O.C=CC(O)COC(=O)OC.C=CC(O)COC(=O)OCc1ccccc1.C=CC1CO/C(=C/C)CO1.C=CC1COCC(C=C)O1. The van der Waals surface area contributed by atoms with Crippen molar-refractivity contribution in [3.05, 3.63) is 318 Å². The van der Waals surface area contributed by atoms with Crippen LogP contribution in [0.15, 0.2) is 290 Å². The van der Waals surface area contributed by atoms with Crippen LogP contribution in [0.1, 0.15) is 78.4 Å². The summed E-state index contributed by atoms with van der Waals surface area (Å²) in [5.41, 5.74) is 3.43. The van der Waals surface area contributed by atoms with Gasteiger partial charge in [-0.05, 0) is 84.3 Å². The largest absolute Gasteiger partial charge is 0.509 e. The van der Waals surface area contributed by atoms with Crippen LogP contribution in [0.3, 0.4) is 0 Å². The van der Waals surface area contributed by atoms with Gasteiger partial charge in [0.1, 0.15) is 103 Å². The monoisotopic (exact) mass is 1860 g/mol. The van der Waals surface area contributed by atoms with Gasteiger partial charge in [-0.3, -0.25) is 19.2 Å². The Labute approximate surface area is 775 Å². The molecule has 0 bridgehead atoms. The molecule has 5 aromatic carbocycles. The molecule has 36 nitrogen and oxygen atoms in total. The first-order valence-corrected chi connectivity index (χ1v) is 40.4. The molecular weight excluding hydrogens is 1740 g/mol. The second-order valence-corrected chi connectivity index (χ2v) is 25.6. The zero-order valence-corrected chi connectivity index (χ0v) is 76.0. The van der Waals surface area contributed by atoms with Gasteiger partial charge in [0.05, 0.1) is 57.9 Å². The Morgan fingerprint density at radius 3 is 1.04 bits per heavy atom. The van der Waals surface area contributed by atoms with Crippen molar-refractivity contribution in [2.75, 3.05) is 94.0 Å². The van der Waals surface area contributed by atoms with E-state index in [0.29, 0.717) is 44.0 Å². The highest BCUT2D eigenvalue weighted by Gasteiger charge is 2.22. The summed E-state index contributed by atoms with van der Waals surface area (Å²) >= 11 is 0. The van der Waals surface area contributed by atoms with Gasteiger partial charge in [-0.15, -0.1) is 32.9 Å². The normalized spacial score (nSPS) is 14.4. The van der Waals surface area contributed by atoms with E-state index in [9.17, 15) is 57.5 Å². The number of allylic oxidation sites excluding steroid dienone is 1. The van der Waals surface area contributed by atoms with Gasteiger partial charge in [-0.25, -0.2) is 38.4 Å². The van der Waals surface area contributed by atoms with Crippen LogP contribution >= 0.6 is 0 Å². The van der Waals surface area contributed by atoms with Gasteiger partial charge in [0, 0.05) is 27.2 Å². The number of carbonyl (C=O) groups excluding carboxylic acids is 12. The number of esters is 6. The summed E-state index contributed by atoms with van der Waals surface area (Å²) in [6.45, 7) is 44.5. The standard InChI is InChI=1S/C20H20O6.C18H16O4.C12H14O4.C9H14O4.C8H12O6.C8H12O4.2C8H12O2.C6H10O4/c1-2-18(26-20(22)24-14-17-11-7-4-8-12-17)15-25-19(21)23-13-16-9-5-3-6-10-16;1-2-16(22-18(20)15-11-7-4-8-12-15)13-21-17(19)14-9-5-3-6-10-14;1-2-11(13)9-16-12(14)15-8-10-6-4-3-5-7-10;1-4-8(6-12-7(3)10)13-9(11)5-2;1-4-6(14-8(10)12-3)5-13-7(9)11-2;1-4-8(12-7(3)10)5-11-6(2)9;1-3-7-5-10-8(4-2)6-9-7;1-3-7-5-9-6-8(4-2)10-7;1-3-5(7)4-10-6(8)9-2/h2-12,18H,1,13-15H2;2-12,16H,1,13H2;2-7,11,13H,1,8-9H2;4,8H,1,5-6H2,2-3H3;4,6H,1,5H2,2-3H3;4,8H,1,5H2,2-3H3;3-4,7H,1,5-6H2,2H3;3-4,7-8H,1-2,5-6H2;3,5,7H,1,4H2,2H3/b;;;;;;8-4+;;. The van der Waals surface area contributed by atoms with Crippen LogP contribution in [0.25, 0.3) is 0 Å². The second-order valence-electron chi connectivity index (χ2n) is 25.6. The summed E-state index contributed by atoms with van der Waals surface area (Å²) in [7, 11) is 3.54. The molecule has 5 aromatic rings. The third kappa shape index (κ3) is 66.3. The van der Waals surface area contributed by atoms with Crippen LogP contribution in [-0.4, -0.2) is 238 Å². The first kappa shape index (κ1) is 120. The van der Waals surface area contributed by atoms with E-state index in [4.69, 9.17) is 71.8 Å². The summed E-state index contributed by atoms with van der Waals surface area (Å²) in [6.07, 6.45) is 6.96. The lowest BCUT2D eigenvalue weighted by atomic mass is 10.2. The smallest absolute Gasteiger partial charge is 0.493 e. The Kier molecular flexibility index (Phi) is 70.9. The minimum Gasteiger partial charge on any atom is -0.493 e. The molecule has 0 aliphatic carbocycles. The van der Waals surface area contributed by atoms with E-state index in [0.717, 1.165) is 22.4 Å². The van der Waals surface area contributed by atoms with Crippen molar-refractivity contribution in [3.63, 3.8) is 0 Å². The van der Waals surface area contributed by atoms with Crippen LogP contribution in [-0.2, 0) is 143 Å². The van der Waals surface area contributed by atoms with E-state index in [1.807, 2.05) is 116 Å². The van der Waals surface area contributed by atoms with Crippen molar-refractivity contribution in [2.24, 2.45) is 0 Å². The number of carbonyl (C=O) groups is 12. The van der Waals surface area contributed by atoms with Crippen molar-refractivity contribution < 1.29 is 172 Å². The predicted molar refractivity (Wildman–Crippen MR) is 485 cm³/mol. The number of benzene rings is 5. The molecule has 0 amide bonds. The zero-order chi connectivity index (χ0) is 99.8. The van der Waals surface area contributed by atoms with Crippen LogP contribution in [0, 0.1) is 0 Å². The maximum absolute atomic E-state index is 11.9. The molecule has 10 unspecified atom stereocenters. The minimum atomic E-state index is -0.875. The third-order valence-electron chi connectivity index (χ3n) is 15.3. The van der Waals surface area contributed by atoms with Crippen LogP contribution in [0.2, 0.25) is 0 Å². The lowest BCUT2D eigenvalue weighted by molar-refractivity contribution is -0.154. The average molecular weight is 1860 g/mol. The molecule has 2 N–H and O–H groups in total. The van der Waals surface area contributed by atoms with Crippen molar-refractivity contribution in [1.82, 2.24) is 0 Å². The number of hydrogen-bond acceptors (Lipinski definition) is 36. The highest BCUT2D eigenvalue weighted by atomic mass is 16.8. The molecule has 133 heavy (non-hydrogen) atoms. The summed E-state index contributed by atoms with van der Waals surface area (Å²) in [5, 5.41) is 17.8. The van der Waals surface area contributed by atoms with E-state index >= 15 is 0 Å². The zero-order valence-electron chi connectivity index (χ0n) is 76.0. The van der Waals surface area contributed by atoms with Crippen molar-refractivity contribution in [3.8, 4) is 0 Å². The van der Waals surface area contributed by atoms with Gasteiger partial charge < -0.3 is 114 Å². The molecule has 2 saturated heterocycles. The summed E-state index contributed by atoms with van der Waals surface area (Å²) in [4.78, 5) is 131. The van der Waals surface area contributed by atoms with Crippen molar-refractivity contribution in [1.29, 1.82) is 0 Å². The molecule has 2 aliphatic rings. The minimum absolute atomic E-state index is 0.0262. The Balaban J connectivity index is 0. The van der Waals surface area contributed by atoms with Crippen LogP contribution < -0.4 is 0 Å². The van der Waals surface area contributed by atoms with Crippen LogP contribution in [0.5, 0.6) is 0 Å². The Morgan fingerprint density at radius 2 is 0.692 bits per heavy atom. The molecule has 2 heterocycles. The topological polar surface area (TPSA) is 448 Å². The second kappa shape index (κ2) is 78.3. The predicted octanol–water partition coefficient (Wildman–Crippen LogP) is 15.2. The third-order valence-corrected chi connectivity index (χ3v) is 15.3. The maximum Gasteiger partial charge on any atom is 0.509 e. The fourth-order valence-electron chi connectivity index (χ4n) is 8.26. The lowest BCUT2D eigenvalue weighted by Crippen LogP contribution is -2.33. The molecule has 0 radical (unpaired) electrons. The van der Waals surface area contributed by atoms with E-state index < -0.39 is 110 Å². The van der Waals surface area contributed by atoms with E-state index in [1.54, 1.807) is 73.7 Å². The molecule has 726 valence electrons. The fourth-order valence-corrected chi connectivity index (χ4v) is 8.26. The molecule has 7 rings (SSSR count). The molecule has 2 fully saturated rings. The number of hydrogen-bond donors (Lipinski definition) is 2. The summed E-state index contributed by atoms with van der Waals surface area (Å²) in [6, 6.07) is 44.9. The summed E-state index contributed by atoms with van der Waals surface area (Å²) in [5.74, 6) is -1.61. The Hall–Kier alpha value is -14.7. The maximum atomic E-state index is 11.9. The molecule has 0 spiro atoms. The van der Waals surface area contributed by atoms with Gasteiger partial charge in [0.15, 0.2) is 30.5 Å². The van der Waals surface area contributed by atoms with Gasteiger partial charge in [-0.2, -0.15) is 0 Å². The molecule has 10 atom stereocenters. The van der Waals surface area contributed by atoms with Crippen LogP contribution in [0.4, 0.5) is 28.8 Å². The number of aliphatic hydroxyl groups is 2. The fraction of sp³-hybridized carbons (Fsp3) is 0.340.